The van der Waals surface area contributed by atoms with Gasteiger partial charge in [0.2, 0.25) is 0 Å². The second-order valence-electron chi connectivity index (χ2n) is 4.40. The molecule has 0 unspecified atom stereocenters. The van der Waals surface area contributed by atoms with Crippen molar-refractivity contribution in [3.8, 4) is 17.2 Å². The third-order valence-corrected chi connectivity index (χ3v) is 2.98. The molecule has 3 aromatic rings. The van der Waals surface area contributed by atoms with Crippen LogP contribution in [-0.2, 0) is 0 Å². The van der Waals surface area contributed by atoms with E-state index in [1.807, 2.05) is 35.0 Å². The summed E-state index contributed by atoms with van der Waals surface area (Å²) >= 11 is 0. The van der Waals surface area contributed by atoms with Crippen molar-refractivity contribution in [2.24, 2.45) is 0 Å². The van der Waals surface area contributed by atoms with Crippen LogP contribution < -0.4 is 4.74 Å². The van der Waals surface area contributed by atoms with Crippen LogP contribution in [-0.4, -0.2) is 20.6 Å². The lowest BCUT2D eigenvalue weighted by Gasteiger charge is -2.07. The van der Waals surface area contributed by atoms with Crippen molar-refractivity contribution in [2.45, 2.75) is 0 Å². The molecule has 104 valence electrons. The Bertz CT molecular complexity index is 732. The Morgan fingerprint density at radius 2 is 1.62 bits per heavy atom. The minimum atomic E-state index is -0.953. The summed E-state index contributed by atoms with van der Waals surface area (Å²) in [5.41, 5.74) is 1.22. The zero-order valence-corrected chi connectivity index (χ0v) is 11.0. The van der Waals surface area contributed by atoms with E-state index < -0.39 is 5.97 Å². The number of ether oxygens (including phenoxy) is 1. The largest absolute Gasteiger partial charge is 0.478 e. The van der Waals surface area contributed by atoms with Crippen molar-refractivity contribution in [1.82, 2.24) is 9.55 Å². The van der Waals surface area contributed by atoms with Gasteiger partial charge in [-0.25, -0.2) is 9.78 Å². The van der Waals surface area contributed by atoms with Crippen LogP contribution in [0.2, 0.25) is 0 Å². The molecule has 0 atom stereocenters. The van der Waals surface area contributed by atoms with Crippen molar-refractivity contribution < 1.29 is 14.6 Å². The second-order valence-corrected chi connectivity index (χ2v) is 4.40. The standard InChI is InChI=1S/C16H12N2O3/c19-16(20)12-1-5-14(6-2-12)21-15-7-3-13(4-8-15)18-10-9-17-11-18/h1-11H,(H,19,20). The molecule has 1 N–H and O–H groups in total. The first-order valence-corrected chi connectivity index (χ1v) is 6.32. The monoisotopic (exact) mass is 280 g/mol. The van der Waals surface area contributed by atoms with Gasteiger partial charge in [-0.15, -0.1) is 0 Å². The van der Waals surface area contributed by atoms with Crippen molar-refractivity contribution >= 4 is 5.97 Å². The molecule has 0 aliphatic carbocycles. The molecule has 0 fully saturated rings. The lowest BCUT2D eigenvalue weighted by atomic mass is 10.2. The third-order valence-electron chi connectivity index (χ3n) is 2.98. The van der Waals surface area contributed by atoms with Crippen molar-refractivity contribution in [3.05, 3.63) is 72.8 Å². The van der Waals surface area contributed by atoms with Crippen LogP contribution in [0, 0.1) is 0 Å². The number of aromatic nitrogens is 2. The van der Waals surface area contributed by atoms with Gasteiger partial charge in [-0.05, 0) is 48.5 Å². The van der Waals surface area contributed by atoms with Crippen LogP contribution in [0.15, 0.2) is 67.3 Å². The summed E-state index contributed by atoms with van der Waals surface area (Å²) in [6.07, 6.45) is 5.30. The Kier molecular flexibility index (Phi) is 3.39. The summed E-state index contributed by atoms with van der Waals surface area (Å²) in [6.45, 7) is 0. The van der Waals surface area contributed by atoms with Crippen LogP contribution in [0.5, 0.6) is 11.5 Å². The van der Waals surface area contributed by atoms with Crippen molar-refractivity contribution in [1.29, 1.82) is 0 Å². The average molecular weight is 280 g/mol. The highest BCUT2D eigenvalue weighted by molar-refractivity contribution is 5.87. The molecule has 0 bridgehead atoms. The third kappa shape index (κ3) is 2.92. The summed E-state index contributed by atoms with van der Waals surface area (Å²) in [7, 11) is 0. The zero-order valence-electron chi connectivity index (χ0n) is 11.0. The van der Waals surface area contributed by atoms with E-state index in [1.54, 1.807) is 24.7 Å². The fourth-order valence-electron chi connectivity index (χ4n) is 1.90. The molecular formula is C16H12N2O3. The van der Waals surface area contributed by atoms with E-state index in [1.165, 1.54) is 12.1 Å². The van der Waals surface area contributed by atoms with Gasteiger partial charge in [0.25, 0.3) is 0 Å². The lowest BCUT2D eigenvalue weighted by Crippen LogP contribution is -1.95. The number of rotatable bonds is 4. The number of hydrogen-bond donors (Lipinski definition) is 1. The molecule has 1 aromatic heterocycles. The molecule has 0 aliphatic heterocycles. The van der Waals surface area contributed by atoms with Crippen LogP contribution in [0.25, 0.3) is 5.69 Å². The maximum absolute atomic E-state index is 10.8. The maximum atomic E-state index is 10.8. The van der Waals surface area contributed by atoms with Crippen LogP contribution in [0.4, 0.5) is 0 Å². The number of imidazole rings is 1. The Morgan fingerprint density at radius 1 is 1.00 bits per heavy atom. The fraction of sp³-hybridized carbons (Fsp3) is 0. The molecule has 3 rings (SSSR count). The summed E-state index contributed by atoms with van der Waals surface area (Å²) in [5.74, 6) is 0.323. The van der Waals surface area contributed by atoms with E-state index >= 15 is 0 Å². The molecule has 1 heterocycles. The first-order valence-electron chi connectivity index (χ1n) is 6.32. The SMILES string of the molecule is O=C(O)c1ccc(Oc2ccc(-n3ccnc3)cc2)cc1. The Morgan fingerprint density at radius 3 is 2.14 bits per heavy atom. The molecule has 21 heavy (non-hydrogen) atoms. The van der Waals surface area contributed by atoms with E-state index in [-0.39, 0.29) is 5.56 Å². The van der Waals surface area contributed by atoms with Gasteiger partial charge in [-0.3, -0.25) is 0 Å². The molecular weight excluding hydrogens is 268 g/mol. The summed E-state index contributed by atoms with van der Waals surface area (Å²) in [4.78, 5) is 14.8. The first kappa shape index (κ1) is 12.9. The Hall–Kier alpha value is -3.08. The van der Waals surface area contributed by atoms with Crippen LogP contribution in [0.1, 0.15) is 10.4 Å². The lowest BCUT2D eigenvalue weighted by molar-refractivity contribution is 0.0697. The summed E-state index contributed by atoms with van der Waals surface area (Å²) in [5, 5.41) is 8.84. The smallest absolute Gasteiger partial charge is 0.335 e. The van der Waals surface area contributed by atoms with Crippen molar-refractivity contribution in [2.75, 3.05) is 0 Å². The maximum Gasteiger partial charge on any atom is 0.335 e. The number of hydrogen-bond acceptors (Lipinski definition) is 3. The van der Waals surface area contributed by atoms with E-state index in [2.05, 4.69) is 4.98 Å². The first-order chi connectivity index (χ1) is 10.2. The quantitative estimate of drug-likeness (QED) is 0.795. The molecule has 0 saturated heterocycles. The van der Waals surface area contributed by atoms with E-state index in [4.69, 9.17) is 9.84 Å². The Labute approximate surface area is 121 Å². The van der Waals surface area contributed by atoms with E-state index in [0.29, 0.717) is 11.5 Å². The number of benzene rings is 2. The number of carboxylic acids is 1. The van der Waals surface area contributed by atoms with Crippen molar-refractivity contribution in [3.63, 3.8) is 0 Å². The highest BCUT2D eigenvalue weighted by atomic mass is 16.5. The fourth-order valence-corrected chi connectivity index (χ4v) is 1.90. The number of nitrogens with zero attached hydrogens (tertiary/aromatic N) is 2. The molecule has 5 heteroatoms. The topological polar surface area (TPSA) is 64.3 Å². The van der Waals surface area contributed by atoms with E-state index in [0.717, 1.165) is 5.69 Å². The van der Waals surface area contributed by atoms with Gasteiger partial charge < -0.3 is 14.4 Å². The second kappa shape index (κ2) is 5.50. The zero-order chi connectivity index (χ0) is 14.7. The van der Waals surface area contributed by atoms with Crippen LogP contribution in [0.3, 0.4) is 0 Å². The normalized spacial score (nSPS) is 10.3. The number of aromatic carboxylic acids is 1. The van der Waals surface area contributed by atoms with Crippen LogP contribution >= 0.6 is 0 Å². The molecule has 0 spiro atoms. The molecule has 0 amide bonds. The Balaban J connectivity index is 1.74. The molecule has 0 aliphatic rings. The predicted octanol–water partition coefficient (Wildman–Crippen LogP) is 3.36. The van der Waals surface area contributed by atoms with E-state index in [9.17, 15) is 4.79 Å². The van der Waals surface area contributed by atoms with Gasteiger partial charge in [-0.2, -0.15) is 0 Å². The minimum Gasteiger partial charge on any atom is -0.478 e. The molecule has 0 radical (unpaired) electrons. The molecule has 5 nitrogen and oxygen atoms in total. The van der Waals surface area contributed by atoms with Gasteiger partial charge in [0.15, 0.2) is 0 Å². The van der Waals surface area contributed by atoms with Gasteiger partial charge >= 0.3 is 5.97 Å². The highest BCUT2D eigenvalue weighted by Crippen LogP contribution is 2.23. The molecule has 0 saturated carbocycles. The predicted molar refractivity (Wildman–Crippen MR) is 77.0 cm³/mol. The van der Waals surface area contributed by atoms with Gasteiger partial charge in [0.05, 0.1) is 11.9 Å². The number of carbonyl (C=O) groups is 1. The minimum absolute atomic E-state index is 0.234. The summed E-state index contributed by atoms with van der Waals surface area (Å²) in [6, 6.07) is 13.8. The summed E-state index contributed by atoms with van der Waals surface area (Å²) < 4.78 is 7.56. The van der Waals surface area contributed by atoms with Gasteiger partial charge in [0.1, 0.15) is 11.5 Å². The highest BCUT2D eigenvalue weighted by Gasteiger charge is 2.03. The molecule has 2 aromatic carbocycles. The van der Waals surface area contributed by atoms with Gasteiger partial charge in [-0.1, -0.05) is 0 Å². The van der Waals surface area contributed by atoms with Gasteiger partial charge in [0, 0.05) is 18.1 Å². The number of carboxylic acid groups (broad SMARTS) is 1. The average Bonchev–Trinajstić information content (AvgIpc) is 3.03.